The van der Waals surface area contributed by atoms with Crippen LogP contribution in [0.5, 0.6) is 0 Å². The molecule has 204 valence electrons. The van der Waals surface area contributed by atoms with Crippen LogP contribution in [0.25, 0.3) is 22.4 Å². The number of anilines is 1. The summed E-state index contributed by atoms with van der Waals surface area (Å²) in [5, 5.41) is 4.95. The average molecular weight is 544 g/mol. The van der Waals surface area contributed by atoms with Gasteiger partial charge in [0.1, 0.15) is 6.54 Å². The van der Waals surface area contributed by atoms with Gasteiger partial charge in [-0.3, -0.25) is 14.6 Å². The van der Waals surface area contributed by atoms with Crippen molar-refractivity contribution in [3.63, 3.8) is 0 Å². The Morgan fingerprint density at radius 1 is 0.900 bits per heavy atom. The second-order valence-corrected chi connectivity index (χ2v) is 9.77. The Balaban J connectivity index is 1.54. The number of carbonyl (C=O) groups is 2. The van der Waals surface area contributed by atoms with E-state index in [-0.39, 0.29) is 5.91 Å². The first-order chi connectivity index (χ1) is 19.3. The minimum atomic E-state index is -4.51. The van der Waals surface area contributed by atoms with E-state index >= 15 is 0 Å². The highest BCUT2D eigenvalue weighted by Gasteiger charge is 2.38. The first-order valence-corrected chi connectivity index (χ1v) is 13.2. The number of aromatic nitrogens is 1. The van der Waals surface area contributed by atoms with E-state index in [0.717, 1.165) is 40.7 Å². The second-order valence-electron chi connectivity index (χ2n) is 9.77. The van der Waals surface area contributed by atoms with Gasteiger partial charge in [-0.2, -0.15) is 13.2 Å². The molecule has 0 bridgehead atoms. The third kappa shape index (κ3) is 5.61. The lowest BCUT2D eigenvalue weighted by Crippen LogP contribution is -2.37. The summed E-state index contributed by atoms with van der Waals surface area (Å²) in [5.41, 5.74) is 6.42. The fourth-order valence-electron chi connectivity index (χ4n) is 5.19. The number of carbonyl (C=O) groups excluding carboxylic acids is 2. The molecule has 0 radical (unpaired) electrons. The Morgan fingerprint density at radius 2 is 1.65 bits per heavy atom. The highest BCUT2D eigenvalue weighted by molar-refractivity contribution is 6.04. The van der Waals surface area contributed by atoms with Crippen molar-refractivity contribution in [1.82, 2.24) is 10.3 Å². The zero-order valence-corrected chi connectivity index (χ0v) is 21.9. The Labute approximate surface area is 230 Å². The van der Waals surface area contributed by atoms with Gasteiger partial charge < -0.3 is 10.6 Å². The first-order valence-electron chi connectivity index (χ1n) is 13.2. The van der Waals surface area contributed by atoms with Crippen molar-refractivity contribution in [1.29, 1.82) is 0 Å². The van der Waals surface area contributed by atoms with E-state index in [1.54, 1.807) is 54.7 Å². The third-order valence-electron chi connectivity index (χ3n) is 7.02. The number of alkyl halides is 3. The van der Waals surface area contributed by atoms with Gasteiger partial charge in [0.05, 0.1) is 23.5 Å². The van der Waals surface area contributed by atoms with Crippen LogP contribution in [0.2, 0.25) is 0 Å². The predicted molar refractivity (Wildman–Crippen MR) is 149 cm³/mol. The van der Waals surface area contributed by atoms with Crippen molar-refractivity contribution >= 4 is 17.5 Å². The second kappa shape index (κ2) is 11.3. The third-order valence-corrected chi connectivity index (χ3v) is 7.02. The maximum Gasteiger partial charge on any atom is 0.405 e. The van der Waals surface area contributed by atoms with E-state index in [9.17, 15) is 22.8 Å². The van der Waals surface area contributed by atoms with Crippen LogP contribution in [0, 0.1) is 0 Å². The molecule has 4 aromatic rings. The standard InChI is InChI=1S/C32H28F3N3O2/c1-2-3-9-20-14-16-25(26-17-15-22(18-36-26)38-30(39)21-10-5-4-6-11-21)28-23-12-7-8-13-24(23)29(27(20)28)31(40)37-19-32(33,34)35/h4-8,10-18,29H,2-3,9,19H2,1H3,(H,37,40)(H,38,39). The number of benzene rings is 3. The molecule has 40 heavy (non-hydrogen) atoms. The Kier molecular flexibility index (Phi) is 7.69. The first kappa shape index (κ1) is 27.1. The van der Waals surface area contributed by atoms with E-state index in [2.05, 4.69) is 22.5 Å². The Morgan fingerprint density at radius 3 is 2.35 bits per heavy atom. The number of nitrogens with one attached hydrogen (secondary N) is 2. The zero-order valence-electron chi connectivity index (χ0n) is 21.9. The molecule has 1 aliphatic carbocycles. The van der Waals surface area contributed by atoms with E-state index in [4.69, 9.17) is 0 Å². The van der Waals surface area contributed by atoms with Gasteiger partial charge in [0, 0.05) is 11.1 Å². The van der Waals surface area contributed by atoms with E-state index in [0.29, 0.717) is 28.9 Å². The molecule has 2 N–H and O–H groups in total. The Hall–Kier alpha value is -4.46. The molecule has 0 fully saturated rings. The molecule has 1 atom stereocenters. The van der Waals surface area contributed by atoms with Gasteiger partial charge >= 0.3 is 6.18 Å². The number of pyridine rings is 1. The fourth-order valence-corrected chi connectivity index (χ4v) is 5.19. The monoisotopic (exact) mass is 543 g/mol. The maximum absolute atomic E-state index is 13.3. The number of amides is 2. The van der Waals surface area contributed by atoms with Crippen molar-refractivity contribution in [2.75, 3.05) is 11.9 Å². The quantitative estimate of drug-likeness (QED) is 0.248. The number of halogens is 3. The molecule has 8 heteroatoms. The van der Waals surface area contributed by atoms with Gasteiger partial charge in [0.25, 0.3) is 5.91 Å². The lowest BCUT2D eigenvalue weighted by atomic mass is 9.87. The van der Waals surface area contributed by atoms with Crippen LogP contribution in [0.4, 0.5) is 18.9 Å². The minimum absolute atomic E-state index is 0.252. The molecule has 0 aliphatic heterocycles. The van der Waals surface area contributed by atoms with E-state index in [1.807, 2.05) is 30.3 Å². The maximum atomic E-state index is 13.3. The highest BCUT2D eigenvalue weighted by atomic mass is 19.4. The van der Waals surface area contributed by atoms with Gasteiger partial charge in [-0.25, -0.2) is 0 Å². The van der Waals surface area contributed by atoms with Crippen LogP contribution in [-0.2, 0) is 11.2 Å². The van der Waals surface area contributed by atoms with Crippen molar-refractivity contribution in [2.24, 2.45) is 0 Å². The van der Waals surface area contributed by atoms with Crippen molar-refractivity contribution in [3.05, 3.63) is 107 Å². The molecule has 0 spiro atoms. The molecule has 2 amide bonds. The average Bonchev–Trinajstić information content (AvgIpc) is 3.31. The number of unbranched alkanes of at least 4 members (excludes halogenated alkanes) is 1. The SMILES string of the molecule is CCCCc1ccc(-c2ccc(NC(=O)c3ccccc3)cn2)c2c1C(C(=O)NCC(F)(F)F)c1ccccc1-2. The normalized spacial score (nSPS) is 13.8. The summed E-state index contributed by atoms with van der Waals surface area (Å²) < 4.78 is 39.0. The van der Waals surface area contributed by atoms with Crippen LogP contribution < -0.4 is 10.6 Å². The van der Waals surface area contributed by atoms with Crippen molar-refractivity contribution in [2.45, 2.75) is 38.3 Å². The molecule has 0 saturated heterocycles. The number of hydrogen-bond acceptors (Lipinski definition) is 3. The number of aryl methyl sites for hydroxylation is 1. The molecule has 0 saturated carbocycles. The molecule has 1 unspecified atom stereocenters. The van der Waals surface area contributed by atoms with Crippen LogP contribution in [0.15, 0.2) is 85.1 Å². The smallest absolute Gasteiger partial charge is 0.346 e. The van der Waals surface area contributed by atoms with Gasteiger partial charge in [0.15, 0.2) is 0 Å². The van der Waals surface area contributed by atoms with Gasteiger partial charge in [-0.1, -0.05) is 67.9 Å². The summed E-state index contributed by atoms with van der Waals surface area (Å²) in [4.78, 5) is 30.5. The van der Waals surface area contributed by atoms with Gasteiger partial charge in [-0.05, 0) is 64.9 Å². The molecular weight excluding hydrogens is 515 g/mol. The molecule has 3 aromatic carbocycles. The lowest BCUT2D eigenvalue weighted by molar-refractivity contribution is -0.138. The molecule has 5 nitrogen and oxygen atoms in total. The topological polar surface area (TPSA) is 71.1 Å². The lowest BCUT2D eigenvalue weighted by Gasteiger charge is -2.19. The summed E-state index contributed by atoms with van der Waals surface area (Å²) >= 11 is 0. The molecule has 5 rings (SSSR count). The summed E-state index contributed by atoms with van der Waals surface area (Å²) in [6, 6.07) is 23.7. The largest absolute Gasteiger partial charge is 0.405 e. The summed E-state index contributed by atoms with van der Waals surface area (Å²) in [5.74, 6) is -1.78. The highest BCUT2D eigenvalue weighted by Crippen LogP contribution is 2.50. The van der Waals surface area contributed by atoms with Crippen LogP contribution in [-0.4, -0.2) is 29.5 Å². The number of fused-ring (bicyclic) bond motifs is 3. The van der Waals surface area contributed by atoms with E-state index in [1.165, 1.54) is 0 Å². The predicted octanol–water partition coefficient (Wildman–Crippen LogP) is 7.13. The fraction of sp³-hybridized carbons (Fsp3) is 0.219. The summed E-state index contributed by atoms with van der Waals surface area (Å²) in [6.45, 7) is 0.681. The number of rotatable bonds is 8. The van der Waals surface area contributed by atoms with Crippen LogP contribution in [0.3, 0.4) is 0 Å². The number of nitrogens with zero attached hydrogens (tertiary/aromatic N) is 1. The van der Waals surface area contributed by atoms with Crippen molar-refractivity contribution in [3.8, 4) is 22.4 Å². The molecule has 1 aliphatic rings. The van der Waals surface area contributed by atoms with Gasteiger partial charge in [0.2, 0.25) is 5.91 Å². The zero-order chi connectivity index (χ0) is 28.3. The molecule has 1 aromatic heterocycles. The Bertz CT molecular complexity index is 1530. The van der Waals surface area contributed by atoms with E-state index < -0.39 is 24.5 Å². The van der Waals surface area contributed by atoms with Gasteiger partial charge in [-0.15, -0.1) is 0 Å². The molecule has 1 heterocycles. The van der Waals surface area contributed by atoms with Crippen molar-refractivity contribution < 1.29 is 22.8 Å². The summed E-state index contributed by atoms with van der Waals surface area (Å²) in [7, 11) is 0. The number of hydrogen-bond donors (Lipinski definition) is 2. The van der Waals surface area contributed by atoms with Crippen LogP contribution in [0.1, 0.15) is 52.7 Å². The molecular formula is C32H28F3N3O2. The summed E-state index contributed by atoms with van der Waals surface area (Å²) in [6.07, 6.45) is -0.416. The minimum Gasteiger partial charge on any atom is -0.346 e. The van der Waals surface area contributed by atoms with Crippen LogP contribution >= 0.6 is 0 Å².